The van der Waals surface area contributed by atoms with Gasteiger partial charge in [0.15, 0.2) is 11.6 Å². The summed E-state index contributed by atoms with van der Waals surface area (Å²) >= 11 is 0. The van der Waals surface area contributed by atoms with Gasteiger partial charge in [-0.05, 0) is 59.7 Å². The van der Waals surface area contributed by atoms with Crippen molar-refractivity contribution in [1.29, 1.82) is 0 Å². The summed E-state index contributed by atoms with van der Waals surface area (Å²) in [5.41, 5.74) is 9.56. The summed E-state index contributed by atoms with van der Waals surface area (Å²) in [6.07, 6.45) is 3.53. The number of fused-ring (bicyclic) bond motifs is 1. The van der Waals surface area contributed by atoms with Gasteiger partial charge in [-0.25, -0.2) is 9.97 Å². The van der Waals surface area contributed by atoms with Gasteiger partial charge < -0.3 is 0 Å². The van der Waals surface area contributed by atoms with Crippen LogP contribution in [0.25, 0.3) is 73.4 Å². The van der Waals surface area contributed by atoms with Crippen LogP contribution in [0.1, 0.15) is 0 Å². The van der Waals surface area contributed by atoms with Gasteiger partial charge in [-0.15, -0.1) is 10.2 Å². The fourth-order valence-electron chi connectivity index (χ4n) is 5.48. The second-order valence-corrected chi connectivity index (χ2v) is 10.5. The van der Waals surface area contributed by atoms with Gasteiger partial charge in [-0.3, -0.25) is 14.5 Å². The number of hydrogen-bond acceptors (Lipinski definition) is 6. The molecular weight excluding hydrogens is 554 g/mol. The van der Waals surface area contributed by atoms with Crippen molar-refractivity contribution in [3.63, 3.8) is 0 Å². The van der Waals surface area contributed by atoms with E-state index in [2.05, 4.69) is 85.4 Å². The van der Waals surface area contributed by atoms with Crippen LogP contribution in [0.3, 0.4) is 0 Å². The van der Waals surface area contributed by atoms with E-state index in [1.807, 2.05) is 78.9 Å². The summed E-state index contributed by atoms with van der Waals surface area (Å²) in [6.45, 7) is 0. The lowest BCUT2D eigenvalue weighted by molar-refractivity contribution is 1.07. The Bertz CT molecular complexity index is 2230. The van der Waals surface area contributed by atoms with Gasteiger partial charge in [0.1, 0.15) is 11.4 Å². The zero-order chi connectivity index (χ0) is 30.0. The van der Waals surface area contributed by atoms with E-state index in [0.717, 1.165) is 62.0 Å². The number of para-hydroxylation sites is 1. The zero-order valence-electron chi connectivity index (χ0n) is 24.1. The Hall–Kier alpha value is -6.34. The van der Waals surface area contributed by atoms with Crippen LogP contribution in [0.4, 0.5) is 0 Å². The molecule has 45 heavy (non-hydrogen) atoms. The Morgan fingerprint density at radius 3 is 1.51 bits per heavy atom. The van der Waals surface area contributed by atoms with Gasteiger partial charge in [-0.2, -0.15) is 0 Å². The lowest BCUT2D eigenvalue weighted by atomic mass is 10.0. The molecule has 0 atom stereocenters. The molecule has 0 unspecified atom stereocenters. The highest BCUT2D eigenvalue weighted by Gasteiger charge is 2.18. The van der Waals surface area contributed by atoms with E-state index in [-0.39, 0.29) is 0 Å². The normalized spacial score (nSPS) is 11.1. The topological polar surface area (TPSA) is 82.3 Å². The predicted molar refractivity (Wildman–Crippen MR) is 177 cm³/mol. The minimum Gasteiger partial charge on any atom is -0.275 e. The van der Waals surface area contributed by atoms with Crippen molar-refractivity contribution < 1.29 is 0 Å². The van der Waals surface area contributed by atoms with Crippen molar-refractivity contribution in [2.45, 2.75) is 0 Å². The molecular formula is C38H25N7. The molecule has 0 aliphatic carbocycles. The minimum atomic E-state index is 0.698. The number of pyridine rings is 2. The molecule has 212 valence electrons. The lowest BCUT2D eigenvalue weighted by Gasteiger charge is -2.12. The summed E-state index contributed by atoms with van der Waals surface area (Å²) in [7, 11) is 0. The molecule has 0 radical (unpaired) electrons. The summed E-state index contributed by atoms with van der Waals surface area (Å²) in [4.78, 5) is 19.2. The first kappa shape index (κ1) is 26.3. The molecule has 0 fully saturated rings. The van der Waals surface area contributed by atoms with Crippen molar-refractivity contribution >= 4 is 11.0 Å². The molecule has 0 bridgehead atoms. The van der Waals surface area contributed by atoms with Crippen LogP contribution < -0.4 is 0 Å². The van der Waals surface area contributed by atoms with Gasteiger partial charge in [0.05, 0.1) is 22.4 Å². The molecule has 7 heteroatoms. The standard InChI is InChI=1S/C38H25N7/c1-3-11-27(12-4-1)37-43-44-38(45(37)30-13-5-2-6-14-30)28-19-17-26(18-20-28)29-21-22-31-34(25-29)42-36(33-16-8-10-24-40-33)35(41-31)32-15-7-9-23-39-32/h1-25H. The highest BCUT2D eigenvalue weighted by atomic mass is 15.3. The van der Waals surface area contributed by atoms with Gasteiger partial charge in [0, 0.05) is 29.2 Å². The van der Waals surface area contributed by atoms with E-state index < -0.39 is 0 Å². The molecule has 0 aliphatic rings. The molecule has 4 aromatic heterocycles. The van der Waals surface area contributed by atoms with Crippen LogP contribution in [-0.4, -0.2) is 34.7 Å². The fraction of sp³-hybridized carbons (Fsp3) is 0. The van der Waals surface area contributed by atoms with Crippen molar-refractivity contribution in [3.05, 3.63) is 152 Å². The van der Waals surface area contributed by atoms with Crippen molar-refractivity contribution in [2.75, 3.05) is 0 Å². The van der Waals surface area contributed by atoms with Crippen molar-refractivity contribution in [1.82, 2.24) is 34.7 Å². The molecule has 8 aromatic rings. The van der Waals surface area contributed by atoms with E-state index in [9.17, 15) is 0 Å². The second-order valence-electron chi connectivity index (χ2n) is 10.5. The van der Waals surface area contributed by atoms with Crippen LogP contribution in [0.15, 0.2) is 152 Å². The first-order valence-corrected chi connectivity index (χ1v) is 14.6. The first-order valence-electron chi connectivity index (χ1n) is 14.6. The van der Waals surface area contributed by atoms with Crippen LogP contribution in [0, 0.1) is 0 Å². The third-order valence-corrected chi connectivity index (χ3v) is 7.67. The Morgan fingerprint density at radius 1 is 0.400 bits per heavy atom. The molecule has 0 saturated heterocycles. The number of rotatable bonds is 6. The van der Waals surface area contributed by atoms with Crippen LogP contribution >= 0.6 is 0 Å². The summed E-state index contributed by atoms with van der Waals surface area (Å²) in [5, 5.41) is 9.24. The van der Waals surface area contributed by atoms with Crippen molar-refractivity contribution in [3.8, 4) is 62.4 Å². The van der Waals surface area contributed by atoms with E-state index >= 15 is 0 Å². The minimum absolute atomic E-state index is 0.698. The highest BCUT2D eigenvalue weighted by molar-refractivity contribution is 5.87. The van der Waals surface area contributed by atoms with E-state index in [4.69, 9.17) is 9.97 Å². The average molecular weight is 580 g/mol. The first-order chi connectivity index (χ1) is 22.3. The zero-order valence-corrected chi connectivity index (χ0v) is 24.1. The number of aromatic nitrogens is 7. The quantitative estimate of drug-likeness (QED) is 0.197. The number of hydrogen-bond donors (Lipinski definition) is 0. The highest BCUT2D eigenvalue weighted by Crippen LogP contribution is 2.33. The molecule has 0 N–H and O–H groups in total. The molecule has 0 amide bonds. The smallest absolute Gasteiger partial charge is 0.168 e. The number of benzene rings is 4. The monoisotopic (exact) mass is 579 g/mol. The molecule has 4 aromatic carbocycles. The van der Waals surface area contributed by atoms with Crippen LogP contribution in [0.5, 0.6) is 0 Å². The summed E-state index contributed by atoms with van der Waals surface area (Å²) < 4.78 is 2.11. The van der Waals surface area contributed by atoms with E-state index in [0.29, 0.717) is 11.4 Å². The molecule has 8 rings (SSSR count). The molecule has 0 spiro atoms. The Balaban J connectivity index is 1.19. The molecule has 0 aliphatic heterocycles. The summed E-state index contributed by atoms with van der Waals surface area (Å²) in [6, 6.07) is 46.5. The molecule has 0 saturated carbocycles. The Morgan fingerprint density at radius 2 is 0.911 bits per heavy atom. The maximum atomic E-state index is 5.06. The maximum absolute atomic E-state index is 5.06. The lowest BCUT2D eigenvalue weighted by Crippen LogP contribution is -2.00. The van der Waals surface area contributed by atoms with Crippen LogP contribution in [0.2, 0.25) is 0 Å². The van der Waals surface area contributed by atoms with Gasteiger partial charge >= 0.3 is 0 Å². The summed E-state index contributed by atoms with van der Waals surface area (Å²) in [5.74, 6) is 1.57. The second kappa shape index (κ2) is 11.4. The SMILES string of the molecule is c1ccc(-c2nnc(-c3ccc(-c4ccc5nc(-c6ccccn6)c(-c6ccccn6)nc5c4)cc3)n2-c2ccccc2)cc1. The third-order valence-electron chi connectivity index (χ3n) is 7.67. The van der Waals surface area contributed by atoms with E-state index in [1.165, 1.54) is 0 Å². The van der Waals surface area contributed by atoms with Crippen molar-refractivity contribution in [2.24, 2.45) is 0 Å². The maximum Gasteiger partial charge on any atom is 0.168 e. The number of nitrogens with zero attached hydrogens (tertiary/aromatic N) is 7. The largest absolute Gasteiger partial charge is 0.275 e. The Kier molecular flexibility index (Phi) is 6.66. The van der Waals surface area contributed by atoms with Gasteiger partial charge in [-0.1, -0.05) is 91.0 Å². The average Bonchev–Trinajstić information content (AvgIpc) is 3.58. The predicted octanol–water partition coefficient (Wildman–Crippen LogP) is 8.34. The third kappa shape index (κ3) is 5.02. The van der Waals surface area contributed by atoms with E-state index in [1.54, 1.807) is 12.4 Å². The molecule has 4 heterocycles. The van der Waals surface area contributed by atoms with Crippen LogP contribution in [-0.2, 0) is 0 Å². The molecule has 7 nitrogen and oxygen atoms in total. The fourth-order valence-corrected chi connectivity index (χ4v) is 5.48. The Labute approximate surface area is 259 Å². The van der Waals surface area contributed by atoms with Gasteiger partial charge in [0.2, 0.25) is 0 Å². The van der Waals surface area contributed by atoms with Gasteiger partial charge in [0.25, 0.3) is 0 Å².